The van der Waals surface area contributed by atoms with Gasteiger partial charge >= 0.3 is 0 Å². The van der Waals surface area contributed by atoms with Gasteiger partial charge in [-0.3, -0.25) is 4.99 Å². The molecule has 0 amide bonds. The molecule has 148 valence electrons. The van der Waals surface area contributed by atoms with Crippen LogP contribution in [0.15, 0.2) is 29.3 Å². The minimum atomic E-state index is 0. The van der Waals surface area contributed by atoms with E-state index in [1.807, 2.05) is 25.2 Å². The lowest BCUT2D eigenvalue weighted by Gasteiger charge is -2.35. The molecule has 0 saturated carbocycles. The van der Waals surface area contributed by atoms with Crippen LogP contribution in [0.3, 0.4) is 0 Å². The Morgan fingerprint density at radius 1 is 1.19 bits per heavy atom. The molecule has 1 aromatic carbocycles. The van der Waals surface area contributed by atoms with Crippen LogP contribution >= 0.6 is 35.6 Å². The number of likely N-dealkylation sites (N-methyl/N-ethyl adjacent to an activating group) is 1. The fraction of sp³-hybridized carbons (Fsp3) is 0.632. The van der Waals surface area contributed by atoms with Crippen LogP contribution in [0.5, 0.6) is 0 Å². The van der Waals surface area contributed by atoms with Crippen LogP contribution in [-0.2, 0) is 6.54 Å². The van der Waals surface area contributed by atoms with Gasteiger partial charge in [0.2, 0.25) is 0 Å². The Hall–Kier alpha value is -0.570. The smallest absolute Gasteiger partial charge is 0.191 e. The summed E-state index contributed by atoms with van der Waals surface area (Å²) in [5, 5.41) is 7.54. The molecule has 1 saturated heterocycles. The van der Waals surface area contributed by atoms with Crippen LogP contribution in [0.25, 0.3) is 0 Å². The van der Waals surface area contributed by atoms with Crippen LogP contribution in [-0.4, -0.2) is 68.6 Å². The lowest BCUT2D eigenvalue weighted by atomic mass is 10.1. The number of guanidine groups is 1. The molecule has 26 heavy (non-hydrogen) atoms. The van der Waals surface area contributed by atoms with E-state index in [4.69, 9.17) is 11.6 Å². The molecule has 2 rings (SSSR count). The van der Waals surface area contributed by atoms with Gasteiger partial charge in [0.15, 0.2) is 5.96 Å². The summed E-state index contributed by atoms with van der Waals surface area (Å²) in [5.41, 5.74) is 1.15. The van der Waals surface area contributed by atoms with Crippen molar-refractivity contribution in [3.8, 4) is 0 Å². The van der Waals surface area contributed by atoms with Crippen LogP contribution in [0.2, 0.25) is 5.02 Å². The topological polar surface area (TPSA) is 42.9 Å². The molecule has 0 radical (unpaired) electrons. The number of hydrogen-bond acceptors (Lipinski definition) is 3. The molecule has 0 spiro atoms. The number of piperazine rings is 1. The first-order chi connectivity index (χ1) is 12.1. The number of nitrogens with one attached hydrogen (secondary N) is 2. The molecule has 1 unspecified atom stereocenters. The van der Waals surface area contributed by atoms with Crippen molar-refractivity contribution in [2.75, 3.05) is 52.9 Å². The van der Waals surface area contributed by atoms with E-state index in [0.29, 0.717) is 12.5 Å². The Morgan fingerprint density at radius 3 is 2.50 bits per heavy atom. The second-order valence-electron chi connectivity index (χ2n) is 6.78. The lowest BCUT2D eigenvalue weighted by molar-refractivity contribution is 0.124. The summed E-state index contributed by atoms with van der Waals surface area (Å²) in [6.07, 6.45) is 0. The zero-order valence-electron chi connectivity index (χ0n) is 16.2. The minimum absolute atomic E-state index is 0. The summed E-state index contributed by atoms with van der Waals surface area (Å²) in [6.45, 7) is 13.2. The molecule has 1 aromatic rings. The van der Waals surface area contributed by atoms with E-state index >= 15 is 0 Å². The van der Waals surface area contributed by atoms with Gasteiger partial charge in [-0.1, -0.05) is 37.6 Å². The monoisotopic (exact) mass is 493 g/mol. The molecule has 1 atom stereocenters. The van der Waals surface area contributed by atoms with Gasteiger partial charge in [-0.2, -0.15) is 0 Å². The highest BCUT2D eigenvalue weighted by Crippen LogP contribution is 2.10. The molecule has 1 aliphatic heterocycles. The number of rotatable bonds is 7. The van der Waals surface area contributed by atoms with Crippen molar-refractivity contribution in [2.45, 2.75) is 20.4 Å². The maximum Gasteiger partial charge on any atom is 0.191 e. The van der Waals surface area contributed by atoms with E-state index in [-0.39, 0.29) is 24.0 Å². The first-order valence-corrected chi connectivity index (χ1v) is 9.62. The fourth-order valence-corrected chi connectivity index (χ4v) is 3.33. The highest BCUT2D eigenvalue weighted by molar-refractivity contribution is 14.0. The van der Waals surface area contributed by atoms with Gasteiger partial charge in [-0.25, -0.2) is 0 Å². The fourth-order valence-electron chi connectivity index (χ4n) is 3.12. The molecule has 7 heteroatoms. The SMILES string of the molecule is CCN1CCN(CC(C)CNC(=NC)NCc2cccc(Cl)c2)CC1.I. The van der Waals surface area contributed by atoms with Crippen LogP contribution < -0.4 is 10.6 Å². The van der Waals surface area contributed by atoms with Crippen molar-refractivity contribution in [1.29, 1.82) is 0 Å². The van der Waals surface area contributed by atoms with Crippen LogP contribution in [0, 0.1) is 5.92 Å². The minimum Gasteiger partial charge on any atom is -0.356 e. The van der Waals surface area contributed by atoms with E-state index in [9.17, 15) is 0 Å². The van der Waals surface area contributed by atoms with Crippen LogP contribution in [0.1, 0.15) is 19.4 Å². The molecule has 0 bridgehead atoms. The zero-order valence-corrected chi connectivity index (χ0v) is 19.3. The van der Waals surface area contributed by atoms with Gasteiger partial charge < -0.3 is 20.4 Å². The van der Waals surface area contributed by atoms with Gasteiger partial charge in [-0.15, -0.1) is 24.0 Å². The average Bonchev–Trinajstić information content (AvgIpc) is 2.62. The molecular weight excluding hydrogens is 461 g/mol. The maximum atomic E-state index is 6.03. The van der Waals surface area contributed by atoms with Gasteiger partial charge in [0.1, 0.15) is 0 Å². The predicted octanol–water partition coefficient (Wildman–Crippen LogP) is 2.90. The number of aliphatic imine (C=N–C) groups is 1. The normalized spacial score (nSPS) is 17.5. The van der Waals surface area contributed by atoms with Crippen molar-refractivity contribution in [1.82, 2.24) is 20.4 Å². The molecule has 1 heterocycles. The molecule has 0 aliphatic carbocycles. The largest absolute Gasteiger partial charge is 0.356 e. The second kappa shape index (κ2) is 12.8. The number of benzene rings is 1. The van der Waals surface area contributed by atoms with Gasteiger partial charge in [0, 0.05) is 57.9 Å². The number of nitrogens with zero attached hydrogens (tertiary/aromatic N) is 3. The summed E-state index contributed by atoms with van der Waals surface area (Å²) < 4.78 is 0. The van der Waals surface area contributed by atoms with Crippen molar-refractivity contribution in [2.24, 2.45) is 10.9 Å². The van der Waals surface area contributed by atoms with Crippen LogP contribution in [0.4, 0.5) is 0 Å². The molecule has 2 N–H and O–H groups in total. The Labute approximate surface area is 180 Å². The molecule has 1 aliphatic rings. The summed E-state index contributed by atoms with van der Waals surface area (Å²) >= 11 is 6.03. The molecule has 1 fully saturated rings. The Bertz CT molecular complexity index is 546. The third-order valence-electron chi connectivity index (χ3n) is 4.67. The Balaban J connectivity index is 0.00000338. The van der Waals surface area contributed by atoms with Crippen molar-refractivity contribution < 1.29 is 0 Å². The van der Waals surface area contributed by atoms with Crippen molar-refractivity contribution in [3.05, 3.63) is 34.9 Å². The van der Waals surface area contributed by atoms with Gasteiger partial charge in [0.05, 0.1) is 0 Å². The third-order valence-corrected chi connectivity index (χ3v) is 4.91. The highest BCUT2D eigenvalue weighted by Gasteiger charge is 2.17. The summed E-state index contributed by atoms with van der Waals surface area (Å²) in [7, 11) is 1.81. The first-order valence-electron chi connectivity index (χ1n) is 9.24. The van der Waals surface area contributed by atoms with E-state index in [0.717, 1.165) is 29.6 Å². The van der Waals surface area contributed by atoms with Gasteiger partial charge in [-0.05, 0) is 30.2 Å². The summed E-state index contributed by atoms with van der Waals surface area (Å²) in [4.78, 5) is 9.39. The maximum absolute atomic E-state index is 6.03. The summed E-state index contributed by atoms with van der Waals surface area (Å²) in [5.74, 6) is 1.42. The van der Waals surface area contributed by atoms with Crippen molar-refractivity contribution in [3.63, 3.8) is 0 Å². The number of hydrogen-bond donors (Lipinski definition) is 2. The Morgan fingerprint density at radius 2 is 1.88 bits per heavy atom. The Kier molecular flexibility index (Phi) is 11.5. The quantitative estimate of drug-likeness (QED) is 0.348. The zero-order chi connectivity index (χ0) is 18.1. The van der Waals surface area contributed by atoms with E-state index in [2.05, 4.69) is 45.3 Å². The average molecular weight is 494 g/mol. The number of halogens is 2. The highest BCUT2D eigenvalue weighted by atomic mass is 127. The molecule has 5 nitrogen and oxygen atoms in total. The van der Waals surface area contributed by atoms with Gasteiger partial charge in [0.25, 0.3) is 0 Å². The second-order valence-corrected chi connectivity index (χ2v) is 7.21. The summed E-state index contributed by atoms with van der Waals surface area (Å²) in [6, 6.07) is 7.89. The first kappa shape index (κ1) is 23.5. The van der Waals surface area contributed by atoms with E-state index in [1.165, 1.54) is 32.7 Å². The van der Waals surface area contributed by atoms with Crippen molar-refractivity contribution >= 4 is 41.5 Å². The molecular formula is C19H33ClIN5. The predicted molar refractivity (Wildman–Crippen MR) is 123 cm³/mol. The lowest BCUT2D eigenvalue weighted by Crippen LogP contribution is -2.48. The molecule has 0 aromatic heterocycles. The third kappa shape index (κ3) is 8.41. The van der Waals surface area contributed by atoms with E-state index < -0.39 is 0 Å². The standard InChI is InChI=1S/C19H32ClN5.HI/c1-4-24-8-10-25(11-9-24)15-16(2)13-22-19(21-3)23-14-17-6-5-7-18(20)12-17;/h5-7,12,16H,4,8-11,13-15H2,1-3H3,(H2,21,22,23);1H. The van der Waals surface area contributed by atoms with E-state index in [1.54, 1.807) is 0 Å².